The minimum atomic E-state index is 0.590. The molecule has 184 valence electrons. The van der Waals surface area contributed by atoms with Crippen LogP contribution in [0, 0.1) is 0 Å². The Labute approximate surface area is 214 Å². The van der Waals surface area contributed by atoms with Gasteiger partial charge in [-0.3, -0.25) is 0 Å². The second-order valence-corrected chi connectivity index (χ2v) is 9.78. The molecule has 0 unspecified atom stereocenters. The first-order valence-corrected chi connectivity index (χ1v) is 13.5. The highest BCUT2D eigenvalue weighted by atomic mass is 35.5. The lowest BCUT2D eigenvalue weighted by molar-refractivity contribution is 0.420. The molecule has 0 radical (unpaired) electrons. The van der Waals surface area contributed by atoms with Crippen molar-refractivity contribution >= 4 is 23.2 Å². The van der Waals surface area contributed by atoms with Gasteiger partial charge in [0.25, 0.3) is 5.89 Å². The fourth-order valence-electron chi connectivity index (χ4n) is 4.04. The van der Waals surface area contributed by atoms with Crippen molar-refractivity contribution in [3.8, 4) is 11.5 Å². The molecule has 0 aliphatic carbocycles. The molecule has 0 amide bonds. The first-order chi connectivity index (χ1) is 16.7. The van der Waals surface area contributed by atoms with Crippen molar-refractivity contribution in [2.75, 3.05) is 6.54 Å². The first-order valence-electron chi connectivity index (χ1n) is 12.7. The molecule has 0 fully saturated rings. The van der Waals surface area contributed by atoms with Crippen molar-refractivity contribution in [3.05, 3.63) is 69.5 Å². The average molecular weight is 503 g/mol. The summed E-state index contributed by atoms with van der Waals surface area (Å²) in [5, 5.41) is 8.87. The number of halogens is 2. The van der Waals surface area contributed by atoms with E-state index in [1.807, 2.05) is 30.3 Å². The van der Waals surface area contributed by atoms with Gasteiger partial charge in [-0.05, 0) is 54.8 Å². The Morgan fingerprint density at radius 1 is 0.794 bits per heavy atom. The summed E-state index contributed by atoms with van der Waals surface area (Å²) in [6, 6.07) is 14.1. The Kier molecular flexibility index (Phi) is 11.9. The van der Waals surface area contributed by atoms with Gasteiger partial charge in [-0.15, -0.1) is 0 Å². The normalized spacial score (nSPS) is 11.3. The molecule has 0 aliphatic heterocycles. The lowest BCUT2D eigenvalue weighted by Gasteiger charge is -2.07. The minimum Gasteiger partial charge on any atom is -0.334 e. The van der Waals surface area contributed by atoms with Crippen LogP contribution in [0.15, 0.2) is 47.0 Å². The zero-order chi connectivity index (χ0) is 24.0. The van der Waals surface area contributed by atoms with E-state index < -0.39 is 0 Å². The highest BCUT2D eigenvalue weighted by Crippen LogP contribution is 2.23. The van der Waals surface area contributed by atoms with Crippen molar-refractivity contribution in [3.63, 3.8) is 0 Å². The molecule has 0 aliphatic rings. The Balaban J connectivity index is 1.36. The van der Waals surface area contributed by atoms with Gasteiger partial charge in [0, 0.05) is 18.5 Å². The number of nitrogens with zero attached hydrogens (tertiary/aromatic N) is 2. The van der Waals surface area contributed by atoms with E-state index in [9.17, 15) is 0 Å². The lowest BCUT2D eigenvalue weighted by atomic mass is 10.1. The molecule has 1 N–H and O–H groups in total. The largest absolute Gasteiger partial charge is 0.334 e. The Morgan fingerprint density at radius 2 is 1.56 bits per heavy atom. The Morgan fingerprint density at radius 3 is 2.32 bits per heavy atom. The maximum atomic E-state index is 6.10. The smallest absolute Gasteiger partial charge is 0.257 e. The van der Waals surface area contributed by atoms with Crippen LogP contribution >= 0.6 is 23.2 Å². The van der Waals surface area contributed by atoms with Gasteiger partial charge in [-0.25, -0.2) is 0 Å². The van der Waals surface area contributed by atoms with Gasteiger partial charge in [0.2, 0.25) is 0 Å². The molecule has 0 saturated heterocycles. The molecular formula is C28H37Cl2N3O. The van der Waals surface area contributed by atoms with Gasteiger partial charge < -0.3 is 9.84 Å². The number of benzene rings is 2. The van der Waals surface area contributed by atoms with Crippen LogP contribution < -0.4 is 5.32 Å². The van der Waals surface area contributed by atoms with E-state index >= 15 is 0 Å². The summed E-state index contributed by atoms with van der Waals surface area (Å²) in [5.74, 6) is 1.41. The predicted molar refractivity (Wildman–Crippen MR) is 143 cm³/mol. The molecule has 2 aromatic carbocycles. The summed E-state index contributed by atoms with van der Waals surface area (Å²) in [7, 11) is 0. The SMILES string of the molecule is CCCCCCCCCCCc1noc(-c2cccc(CNCCc3ccc(Cl)c(Cl)c3)c2)n1. The maximum absolute atomic E-state index is 6.10. The van der Waals surface area contributed by atoms with E-state index in [1.165, 1.54) is 62.5 Å². The third kappa shape index (κ3) is 9.40. The topological polar surface area (TPSA) is 51.0 Å². The maximum Gasteiger partial charge on any atom is 0.257 e. The average Bonchev–Trinajstić information content (AvgIpc) is 3.32. The lowest BCUT2D eigenvalue weighted by Crippen LogP contribution is -2.16. The van der Waals surface area contributed by atoms with Crippen LogP contribution in [0.1, 0.15) is 81.7 Å². The fraction of sp³-hybridized carbons (Fsp3) is 0.500. The second-order valence-electron chi connectivity index (χ2n) is 8.97. The Hall–Kier alpha value is -1.88. The molecule has 3 aromatic rings. The summed E-state index contributed by atoms with van der Waals surface area (Å²) in [5.41, 5.74) is 3.32. The van der Waals surface area contributed by atoms with E-state index in [0.717, 1.165) is 43.7 Å². The van der Waals surface area contributed by atoms with Crippen LogP contribution in [0.25, 0.3) is 11.5 Å². The van der Waals surface area contributed by atoms with Crippen LogP contribution in [0.5, 0.6) is 0 Å². The second kappa shape index (κ2) is 15.2. The summed E-state index contributed by atoms with van der Waals surface area (Å²) in [6.07, 6.45) is 13.6. The van der Waals surface area contributed by atoms with Crippen molar-refractivity contribution < 1.29 is 4.52 Å². The molecule has 3 rings (SSSR count). The predicted octanol–water partition coefficient (Wildman–Crippen LogP) is 8.45. The van der Waals surface area contributed by atoms with E-state index in [1.54, 1.807) is 0 Å². The standard InChI is InChI=1S/C28H37Cl2N3O/c1-2-3-4-5-6-7-8-9-10-14-27-32-28(34-33-27)24-13-11-12-23(19-24)21-31-18-17-22-15-16-25(29)26(30)20-22/h11-13,15-16,19-20,31H,2-10,14,17-18,21H2,1H3. The highest BCUT2D eigenvalue weighted by Gasteiger charge is 2.09. The fourth-order valence-corrected chi connectivity index (χ4v) is 4.36. The van der Waals surface area contributed by atoms with Crippen LogP contribution in [-0.4, -0.2) is 16.7 Å². The zero-order valence-corrected chi connectivity index (χ0v) is 21.8. The molecule has 4 nitrogen and oxygen atoms in total. The summed E-state index contributed by atoms with van der Waals surface area (Å²) in [6.45, 7) is 3.89. The van der Waals surface area contributed by atoms with Crippen molar-refractivity contribution in [2.24, 2.45) is 0 Å². The van der Waals surface area contributed by atoms with Gasteiger partial charge in [-0.2, -0.15) is 4.98 Å². The molecule has 0 spiro atoms. The third-order valence-electron chi connectivity index (χ3n) is 6.05. The molecule has 1 heterocycles. The molecule has 0 bridgehead atoms. The van der Waals surface area contributed by atoms with Crippen LogP contribution in [0.2, 0.25) is 10.0 Å². The Bertz CT molecular complexity index is 989. The van der Waals surface area contributed by atoms with E-state index in [4.69, 9.17) is 27.7 Å². The van der Waals surface area contributed by atoms with Crippen LogP contribution in [0.4, 0.5) is 0 Å². The molecule has 34 heavy (non-hydrogen) atoms. The first kappa shape index (κ1) is 26.7. The van der Waals surface area contributed by atoms with Crippen LogP contribution in [-0.2, 0) is 19.4 Å². The summed E-state index contributed by atoms with van der Waals surface area (Å²) < 4.78 is 5.54. The number of aryl methyl sites for hydroxylation is 1. The quantitative estimate of drug-likeness (QED) is 0.200. The number of rotatable bonds is 16. The highest BCUT2D eigenvalue weighted by molar-refractivity contribution is 6.42. The molecule has 6 heteroatoms. The summed E-state index contributed by atoms with van der Waals surface area (Å²) in [4.78, 5) is 4.62. The third-order valence-corrected chi connectivity index (χ3v) is 6.79. The van der Waals surface area contributed by atoms with E-state index in [2.05, 4.69) is 34.5 Å². The van der Waals surface area contributed by atoms with Gasteiger partial charge in [0.15, 0.2) is 5.82 Å². The summed E-state index contributed by atoms with van der Waals surface area (Å²) >= 11 is 12.1. The minimum absolute atomic E-state index is 0.590. The van der Waals surface area contributed by atoms with E-state index in [0.29, 0.717) is 15.9 Å². The number of hydrogen-bond acceptors (Lipinski definition) is 4. The number of hydrogen-bond donors (Lipinski definition) is 1. The molecule has 1 aromatic heterocycles. The van der Waals surface area contributed by atoms with Crippen molar-refractivity contribution in [2.45, 2.75) is 84.1 Å². The van der Waals surface area contributed by atoms with Crippen molar-refractivity contribution in [1.82, 2.24) is 15.5 Å². The number of unbranched alkanes of at least 4 members (excludes halogenated alkanes) is 8. The zero-order valence-electron chi connectivity index (χ0n) is 20.3. The molecule has 0 saturated carbocycles. The van der Waals surface area contributed by atoms with Gasteiger partial charge in [0.1, 0.15) is 0 Å². The van der Waals surface area contributed by atoms with Gasteiger partial charge in [0.05, 0.1) is 10.0 Å². The number of aromatic nitrogens is 2. The van der Waals surface area contributed by atoms with Gasteiger partial charge in [-0.1, -0.05) is 105 Å². The monoisotopic (exact) mass is 501 g/mol. The molecular weight excluding hydrogens is 465 g/mol. The van der Waals surface area contributed by atoms with Crippen LogP contribution in [0.3, 0.4) is 0 Å². The van der Waals surface area contributed by atoms with Crippen molar-refractivity contribution in [1.29, 1.82) is 0 Å². The molecule has 0 atom stereocenters. The number of nitrogens with one attached hydrogen (secondary N) is 1. The van der Waals surface area contributed by atoms with E-state index in [-0.39, 0.29) is 0 Å². The van der Waals surface area contributed by atoms with Gasteiger partial charge >= 0.3 is 0 Å².